The molecular formula is C23H33Cl2N. The van der Waals surface area contributed by atoms with Crippen molar-refractivity contribution < 1.29 is 0 Å². The van der Waals surface area contributed by atoms with Gasteiger partial charge >= 0.3 is 0 Å². The molecule has 2 aromatic rings. The van der Waals surface area contributed by atoms with Crippen molar-refractivity contribution in [2.24, 2.45) is 0 Å². The van der Waals surface area contributed by atoms with Crippen molar-refractivity contribution in [3.63, 3.8) is 0 Å². The van der Waals surface area contributed by atoms with Gasteiger partial charge < -0.3 is 5.32 Å². The van der Waals surface area contributed by atoms with Crippen molar-refractivity contribution in [1.82, 2.24) is 5.32 Å². The van der Waals surface area contributed by atoms with Crippen LogP contribution in [0.5, 0.6) is 0 Å². The molecule has 26 heavy (non-hydrogen) atoms. The van der Waals surface area contributed by atoms with E-state index in [4.69, 9.17) is 23.2 Å². The molecule has 0 aliphatic heterocycles. The highest BCUT2D eigenvalue weighted by Gasteiger charge is 2.12. The van der Waals surface area contributed by atoms with Gasteiger partial charge in [0.15, 0.2) is 0 Å². The first-order valence-corrected chi connectivity index (χ1v) is 10.3. The Bertz CT molecular complexity index is 657. The van der Waals surface area contributed by atoms with Gasteiger partial charge in [-0.05, 0) is 54.0 Å². The maximum absolute atomic E-state index is 6.07. The first-order valence-electron chi connectivity index (χ1n) is 9.52. The van der Waals surface area contributed by atoms with Gasteiger partial charge in [-0.2, -0.15) is 0 Å². The fourth-order valence-corrected chi connectivity index (χ4v) is 2.92. The standard InChI is InChI=1S/C21H27Cl2N.C2H6/c1-15(5-6-16-9-12-19(22)20(23)13-16)24-14-17-7-10-18(11-8-17)21(2,3)4;1-2/h7-13,15,24H,5-6,14H2,1-4H3;1-2H3. The molecule has 0 aliphatic carbocycles. The first-order chi connectivity index (χ1) is 12.3. The molecule has 2 aromatic carbocycles. The minimum Gasteiger partial charge on any atom is -0.310 e. The number of hydrogen-bond acceptors (Lipinski definition) is 1. The monoisotopic (exact) mass is 393 g/mol. The lowest BCUT2D eigenvalue weighted by Gasteiger charge is -2.19. The van der Waals surface area contributed by atoms with Crippen LogP contribution in [0.3, 0.4) is 0 Å². The van der Waals surface area contributed by atoms with E-state index in [1.807, 2.05) is 32.0 Å². The Balaban J connectivity index is 0.00000163. The van der Waals surface area contributed by atoms with Gasteiger partial charge in [-0.3, -0.25) is 0 Å². The number of benzene rings is 2. The summed E-state index contributed by atoms with van der Waals surface area (Å²) in [6, 6.07) is 15.2. The molecule has 0 aromatic heterocycles. The van der Waals surface area contributed by atoms with E-state index in [1.165, 1.54) is 16.7 Å². The summed E-state index contributed by atoms with van der Waals surface area (Å²) in [4.78, 5) is 0. The van der Waals surface area contributed by atoms with Gasteiger partial charge in [0.1, 0.15) is 0 Å². The summed E-state index contributed by atoms with van der Waals surface area (Å²) >= 11 is 12.0. The predicted molar refractivity (Wildman–Crippen MR) is 118 cm³/mol. The van der Waals surface area contributed by atoms with Crippen LogP contribution in [0.2, 0.25) is 10.0 Å². The third-order valence-corrected chi connectivity index (χ3v) is 5.06. The Morgan fingerprint density at radius 3 is 2.00 bits per heavy atom. The van der Waals surface area contributed by atoms with Crippen molar-refractivity contribution in [2.75, 3.05) is 0 Å². The van der Waals surface area contributed by atoms with Crippen molar-refractivity contribution in [3.05, 3.63) is 69.2 Å². The van der Waals surface area contributed by atoms with Crippen molar-refractivity contribution in [2.45, 2.75) is 72.4 Å². The molecule has 1 unspecified atom stereocenters. The molecule has 0 fully saturated rings. The van der Waals surface area contributed by atoms with Gasteiger partial charge in [0.25, 0.3) is 0 Å². The van der Waals surface area contributed by atoms with E-state index < -0.39 is 0 Å². The summed E-state index contributed by atoms with van der Waals surface area (Å²) in [5, 5.41) is 4.84. The fourth-order valence-electron chi connectivity index (χ4n) is 2.60. The fraction of sp³-hybridized carbons (Fsp3) is 0.478. The average molecular weight is 394 g/mol. The van der Waals surface area contributed by atoms with E-state index in [9.17, 15) is 0 Å². The second-order valence-corrected chi connectivity index (χ2v) is 8.33. The molecule has 3 heteroatoms. The zero-order chi connectivity index (χ0) is 19.7. The molecule has 0 aliphatic rings. The van der Waals surface area contributed by atoms with E-state index in [2.05, 4.69) is 57.3 Å². The third kappa shape index (κ3) is 7.70. The maximum Gasteiger partial charge on any atom is 0.0595 e. The molecule has 1 nitrogen and oxygen atoms in total. The Morgan fingerprint density at radius 2 is 1.46 bits per heavy atom. The minimum atomic E-state index is 0.207. The lowest BCUT2D eigenvalue weighted by atomic mass is 9.87. The van der Waals surface area contributed by atoms with E-state index in [1.54, 1.807) is 0 Å². The van der Waals surface area contributed by atoms with Crippen LogP contribution in [0.1, 0.15) is 64.7 Å². The van der Waals surface area contributed by atoms with Crippen molar-refractivity contribution in [1.29, 1.82) is 0 Å². The number of aryl methyl sites for hydroxylation is 1. The van der Waals surface area contributed by atoms with E-state index >= 15 is 0 Å². The predicted octanol–water partition coefficient (Wildman–Crippen LogP) is 7.43. The van der Waals surface area contributed by atoms with E-state index in [-0.39, 0.29) is 5.41 Å². The molecule has 0 amide bonds. The maximum atomic E-state index is 6.07. The minimum absolute atomic E-state index is 0.207. The number of rotatable bonds is 6. The molecular weight excluding hydrogens is 361 g/mol. The Kier molecular flexibility index (Phi) is 9.71. The normalized spacial score (nSPS) is 12.3. The summed E-state index contributed by atoms with van der Waals surface area (Å²) in [5.74, 6) is 0. The molecule has 0 saturated carbocycles. The van der Waals surface area contributed by atoms with Gasteiger partial charge in [-0.25, -0.2) is 0 Å². The van der Waals surface area contributed by atoms with Crippen molar-refractivity contribution >= 4 is 23.2 Å². The van der Waals surface area contributed by atoms with Gasteiger partial charge in [0, 0.05) is 12.6 Å². The first kappa shape index (κ1) is 23.0. The summed E-state index contributed by atoms with van der Waals surface area (Å²) in [6.45, 7) is 13.8. The van der Waals surface area contributed by atoms with Crippen LogP contribution in [0.15, 0.2) is 42.5 Å². The number of hydrogen-bond donors (Lipinski definition) is 1. The molecule has 144 valence electrons. The molecule has 1 N–H and O–H groups in total. The highest BCUT2D eigenvalue weighted by Crippen LogP contribution is 2.24. The van der Waals surface area contributed by atoms with Crippen LogP contribution in [0.25, 0.3) is 0 Å². The smallest absolute Gasteiger partial charge is 0.0595 e. The van der Waals surface area contributed by atoms with Crippen LogP contribution in [-0.4, -0.2) is 6.04 Å². The molecule has 0 spiro atoms. The highest BCUT2D eigenvalue weighted by molar-refractivity contribution is 6.42. The SMILES string of the molecule is CC.CC(CCc1ccc(Cl)c(Cl)c1)NCc1ccc(C(C)(C)C)cc1. The average Bonchev–Trinajstić information content (AvgIpc) is 2.62. The third-order valence-electron chi connectivity index (χ3n) is 4.32. The second kappa shape index (κ2) is 11.0. The molecule has 0 saturated heterocycles. The number of halogens is 2. The summed E-state index contributed by atoms with van der Waals surface area (Å²) < 4.78 is 0. The van der Waals surface area contributed by atoms with Crippen LogP contribution >= 0.6 is 23.2 Å². The Morgan fingerprint density at radius 1 is 0.885 bits per heavy atom. The van der Waals surface area contributed by atoms with Gasteiger partial charge in [0.05, 0.1) is 10.0 Å². The quantitative estimate of drug-likeness (QED) is 0.537. The van der Waals surface area contributed by atoms with Crippen molar-refractivity contribution in [3.8, 4) is 0 Å². The van der Waals surface area contributed by atoms with Crippen LogP contribution in [0.4, 0.5) is 0 Å². The summed E-state index contributed by atoms with van der Waals surface area (Å²) in [5.41, 5.74) is 4.13. The largest absolute Gasteiger partial charge is 0.310 e. The highest BCUT2D eigenvalue weighted by atomic mass is 35.5. The summed E-state index contributed by atoms with van der Waals surface area (Å²) in [7, 11) is 0. The second-order valence-electron chi connectivity index (χ2n) is 7.52. The van der Waals surface area contributed by atoms with Gasteiger partial charge in [0.2, 0.25) is 0 Å². The topological polar surface area (TPSA) is 12.0 Å². The molecule has 0 radical (unpaired) electrons. The zero-order valence-electron chi connectivity index (χ0n) is 17.0. The zero-order valence-corrected chi connectivity index (χ0v) is 18.5. The molecule has 1 atom stereocenters. The summed E-state index contributed by atoms with van der Waals surface area (Å²) in [6.07, 6.45) is 2.06. The number of nitrogens with one attached hydrogen (secondary N) is 1. The Labute approximate surface area is 170 Å². The van der Waals surface area contributed by atoms with E-state index in [0.717, 1.165) is 19.4 Å². The molecule has 2 rings (SSSR count). The Hall–Kier alpha value is -1.02. The lowest BCUT2D eigenvalue weighted by molar-refractivity contribution is 0.513. The van der Waals surface area contributed by atoms with Crippen LogP contribution in [0, 0.1) is 0 Å². The molecule has 0 bridgehead atoms. The van der Waals surface area contributed by atoms with Crippen LogP contribution < -0.4 is 5.32 Å². The van der Waals surface area contributed by atoms with E-state index in [0.29, 0.717) is 16.1 Å². The van der Waals surface area contributed by atoms with Crippen LogP contribution in [-0.2, 0) is 18.4 Å². The lowest BCUT2D eigenvalue weighted by Crippen LogP contribution is -2.26. The van der Waals surface area contributed by atoms with Gasteiger partial charge in [-0.15, -0.1) is 0 Å². The molecule has 0 heterocycles. The van der Waals surface area contributed by atoms with Gasteiger partial charge in [-0.1, -0.05) is 88.2 Å².